The normalized spacial score (nSPS) is 16.4. The van der Waals surface area contributed by atoms with Gasteiger partial charge in [0, 0.05) is 26.1 Å². The summed E-state index contributed by atoms with van der Waals surface area (Å²) in [6.07, 6.45) is 0. The van der Waals surface area contributed by atoms with Gasteiger partial charge < -0.3 is 16.0 Å². The Morgan fingerprint density at radius 2 is 1.92 bits per heavy atom. The quantitative estimate of drug-likeness (QED) is 0.648. The summed E-state index contributed by atoms with van der Waals surface area (Å²) in [5, 5.41) is 9.04. The summed E-state index contributed by atoms with van der Waals surface area (Å²) in [5.74, 6) is 0.0926. The van der Waals surface area contributed by atoms with Crippen molar-refractivity contribution in [3.05, 3.63) is 18.2 Å². The second-order valence-corrected chi connectivity index (χ2v) is 8.18. The van der Waals surface area contributed by atoms with Crippen LogP contribution in [-0.2, 0) is 14.8 Å². The molecular weight excluding hydrogens is 340 g/mol. The summed E-state index contributed by atoms with van der Waals surface area (Å²) in [7, 11) is -1.83. The first-order valence-electron chi connectivity index (χ1n) is 8.68. The van der Waals surface area contributed by atoms with E-state index in [2.05, 4.69) is 16.0 Å². The molecule has 1 aliphatic heterocycles. The average Bonchev–Trinajstić information content (AvgIpc) is 2.53. The molecule has 0 radical (unpaired) electrons. The van der Waals surface area contributed by atoms with Crippen molar-refractivity contribution >= 4 is 27.3 Å². The Labute approximate surface area is 150 Å². The van der Waals surface area contributed by atoms with E-state index in [0.717, 1.165) is 13.1 Å². The summed E-state index contributed by atoms with van der Waals surface area (Å²) < 4.78 is 26.8. The van der Waals surface area contributed by atoms with Gasteiger partial charge in [-0.15, -0.1) is 0 Å². The van der Waals surface area contributed by atoms with Crippen LogP contribution in [0.4, 0.5) is 11.4 Å². The predicted octanol–water partition coefficient (Wildman–Crippen LogP) is 1.55. The van der Waals surface area contributed by atoms with Crippen molar-refractivity contribution in [2.75, 3.05) is 43.9 Å². The van der Waals surface area contributed by atoms with Crippen LogP contribution in [0, 0.1) is 11.8 Å². The van der Waals surface area contributed by atoms with Gasteiger partial charge in [-0.05, 0) is 37.2 Å². The SMILES string of the molecule is CCN(CC)S(=O)(=O)c1ccc(NC)c(NC(=O)C(C)C2CNC2)c1. The lowest BCUT2D eigenvalue weighted by molar-refractivity contribution is -0.121. The molecule has 0 spiro atoms. The first-order valence-corrected chi connectivity index (χ1v) is 10.1. The number of amides is 1. The molecule has 1 unspecified atom stereocenters. The number of benzene rings is 1. The van der Waals surface area contributed by atoms with E-state index in [1.54, 1.807) is 33.0 Å². The molecule has 3 N–H and O–H groups in total. The molecule has 1 aromatic carbocycles. The van der Waals surface area contributed by atoms with E-state index >= 15 is 0 Å². The Hall–Kier alpha value is -1.64. The third-order valence-corrected chi connectivity index (χ3v) is 6.84. The molecule has 8 heteroatoms. The first kappa shape index (κ1) is 19.7. The number of rotatable bonds is 8. The van der Waals surface area contributed by atoms with Gasteiger partial charge in [0.2, 0.25) is 15.9 Å². The lowest BCUT2D eigenvalue weighted by Gasteiger charge is -2.31. The highest BCUT2D eigenvalue weighted by atomic mass is 32.2. The summed E-state index contributed by atoms with van der Waals surface area (Å²) >= 11 is 0. The van der Waals surface area contributed by atoms with Gasteiger partial charge in [0.25, 0.3) is 0 Å². The molecule has 2 rings (SSSR count). The van der Waals surface area contributed by atoms with Gasteiger partial charge in [-0.25, -0.2) is 8.42 Å². The van der Waals surface area contributed by atoms with Gasteiger partial charge >= 0.3 is 0 Å². The van der Waals surface area contributed by atoms with Gasteiger partial charge in [-0.3, -0.25) is 4.79 Å². The van der Waals surface area contributed by atoms with Crippen LogP contribution in [0.1, 0.15) is 20.8 Å². The van der Waals surface area contributed by atoms with Crippen LogP contribution in [0.5, 0.6) is 0 Å². The van der Waals surface area contributed by atoms with Crippen molar-refractivity contribution < 1.29 is 13.2 Å². The molecule has 0 bridgehead atoms. The smallest absolute Gasteiger partial charge is 0.243 e. The van der Waals surface area contributed by atoms with E-state index in [1.807, 2.05) is 6.92 Å². The average molecular weight is 369 g/mol. The van der Waals surface area contributed by atoms with Crippen molar-refractivity contribution in [2.45, 2.75) is 25.7 Å². The molecule has 7 nitrogen and oxygen atoms in total. The Balaban J connectivity index is 2.29. The molecule has 1 saturated heterocycles. The predicted molar refractivity (Wildman–Crippen MR) is 100 cm³/mol. The minimum atomic E-state index is -3.57. The molecule has 140 valence electrons. The number of carbonyl (C=O) groups excluding carboxylic acids is 1. The maximum Gasteiger partial charge on any atom is 0.243 e. The third kappa shape index (κ3) is 4.13. The van der Waals surface area contributed by atoms with E-state index in [-0.39, 0.29) is 16.7 Å². The second kappa shape index (κ2) is 8.16. The minimum absolute atomic E-state index is 0.0969. The molecule has 1 amide bonds. The van der Waals surface area contributed by atoms with Crippen molar-refractivity contribution in [1.82, 2.24) is 9.62 Å². The van der Waals surface area contributed by atoms with Crippen molar-refractivity contribution in [3.8, 4) is 0 Å². The zero-order valence-corrected chi connectivity index (χ0v) is 16.1. The van der Waals surface area contributed by atoms with Gasteiger partial charge in [0.1, 0.15) is 0 Å². The Morgan fingerprint density at radius 3 is 2.40 bits per heavy atom. The highest BCUT2D eigenvalue weighted by Gasteiger charge is 2.29. The zero-order valence-electron chi connectivity index (χ0n) is 15.3. The minimum Gasteiger partial charge on any atom is -0.386 e. The fourth-order valence-corrected chi connectivity index (χ4v) is 4.33. The lowest BCUT2D eigenvalue weighted by Crippen LogP contribution is -2.48. The van der Waals surface area contributed by atoms with Gasteiger partial charge in [-0.2, -0.15) is 4.31 Å². The van der Waals surface area contributed by atoms with E-state index < -0.39 is 10.0 Å². The standard InChI is InChI=1S/C17H28N4O3S/c1-5-21(6-2)25(23,24)14-7-8-15(18-4)16(9-14)20-17(22)12(3)13-10-19-11-13/h7-9,12-13,18-19H,5-6,10-11H2,1-4H3,(H,20,22). The topological polar surface area (TPSA) is 90.5 Å². The Morgan fingerprint density at radius 1 is 1.28 bits per heavy atom. The molecule has 0 saturated carbocycles. The molecule has 0 aliphatic carbocycles. The largest absolute Gasteiger partial charge is 0.386 e. The monoisotopic (exact) mass is 368 g/mol. The molecule has 1 aromatic rings. The zero-order chi connectivity index (χ0) is 18.6. The highest BCUT2D eigenvalue weighted by Crippen LogP contribution is 2.28. The molecule has 1 aliphatic rings. The van der Waals surface area contributed by atoms with E-state index in [9.17, 15) is 13.2 Å². The van der Waals surface area contributed by atoms with Gasteiger partial charge in [0.05, 0.1) is 16.3 Å². The summed E-state index contributed by atoms with van der Waals surface area (Å²) in [6.45, 7) is 7.99. The van der Waals surface area contributed by atoms with Crippen LogP contribution in [0.25, 0.3) is 0 Å². The first-order chi connectivity index (χ1) is 11.8. The maximum atomic E-state index is 12.7. The fraction of sp³-hybridized carbons (Fsp3) is 0.588. The molecule has 25 heavy (non-hydrogen) atoms. The summed E-state index contributed by atoms with van der Waals surface area (Å²) in [4.78, 5) is 12.7. The number of hydrogen-bond acceptors (Lipinski definition) is 5. The Bertz CT molecular complexity index is 713. The lowest BCUT2D eigenvalue weighted by atomic mass is 9.88. The number of carbonyl (C=O) groups is 1. The van der Waals surface area contributed by atoms with Crippen LogP contribution in [0.15, 0.2) is 23.1 Å². The van der Waals surface area contributed by atoms with E-state index in [0.29, 0.717) is 30.4 Å². The summed E-state index contributed by atoms with van der Waals surface area (Å²) in [6, 6.07) is 4.78. The number of anilines is 2. The van der Waals surface area contributed by atoms with Crippen LogP contribution >= 0.6 is 0 Å². The van der Waals surface area contributed by atoms with Gasteiger partial charge in [0.15, 0.2) is 0 Å². The van der Waals surface area contributed by atoms with Crippen molar-refractivity contribution in [3.63, 3.8) is 0 Å². The van der Waals surface area contributed by atoms with Crippen LogP contribution in [0.2, 0.25) is 0 Å². The highest BCUT2D eigenvalue weighted by molar-refractivity contribution is 7.89. The molecular formula is C17H28N4O3S. The number of hydrogen-bond donors (Lipinski definition) is 3. The molecule has 1 fully saturated rings. The third-order valence-electron chi connectivity index (χ3n) is 4.80. The van der Waals surface area contributed by atoms with Crippen LogP contribution in [-0.4, -0.2) is 51.9 Å². The Kier molecular flexibility index (Phi) is 6.42. The van der Waals surface area contributed by atoms with Crippen LogP contribution in [0.3, 0.4) is 0 Å². The van der Waals surface area contributed by atoms with E-state index in [1.165, 1.54) is 10.4 Å². The second-order valence-electron chi connectivity index (χ2n) is 6.24. The van der Waals surface area contributed by atoms with Crippen molar-refractivity contribution in [1.29, 1.82) is 0 Å². The number of sulfonamides is 1. The summed E-state index contributed by atoms with van der Waals surface area (Å²) in [5.41, 5.74) is 1.17. The maximum absolute atomic E-state index is 12.7. The van der Waals surface area contributed by atoms with Crippen LogP contribution < -0.4 is 16.0 Å². The molecule has 1 heterocycles. The number of nitrogens with zero attached hydrogens (tertiary/aromatic N) is 1. The number of nitrogens with one attached hydrogen (secondary N) is 3. The fourth-order valence-electron chi connectivity index (χ4n) is 2.84. The van der Waals surface area contributed by atoms with Gasteiger partial charge in [-0.1, -0.05) is 20.8 Å². The van der Waals surface area contributed by atoms with Crippen molar-refractivity contribution in [2.24, 2.45) is 11.8 Å². The molecule has 1 atom stereocenters. The van der Waals surface area contributed by atoms with E-state index in [4.69, 9.17) is 0 Å². The molecule has 0 aromatic heterocycles.